The second-order valence-electron chi connectivity index (χ2n) is 5.52. The van der Waals surface area contributed by atoms with Gasteiger partial charge in [-0.3, -0.25) is 0 Å². The molecule has 0 amide bonds. The van der Waals surface area contributed by atoms with E-state index in [4.69, 9.17) is 10.3 Å². The van der Waals surface area contributed by atoms with Crippen molar-refractivity contribution in [2.45, 2.75) is 19.6 Å². The Morgan fingerprint density at radius 1 is 1.16 bits per heavy atom. The van der Waals surface area contributed by atoms with Crippen molar-refractivity contribution in [3.8, 4) is 11.1 Å². The fraction of sp³-hybridized carbons (Fsp3) is 0.176. The summed E-state index contributed by atoms with van der Waals surface area (Å²) < 4.78 is 43.6. The molecule has 130 valence electrons. The summed E-state index contributed by atoms with van der Waals surface area (Å²) in [6.07, 6.45) is -2.96. The van der Waals surface area contributed by atoms with Crippen molar-refractivity contribution >= 4 is 11.5 Å². The van der Waals surface area contributed by atoms with Gasteiger partial charge in [0.05, 0.1) is 17.8 Å². The van der Waals surface area contributed by atoms with Crippen LogP contribution in [0.25, 0.3) is 11.1 Å². The number of nitrogens with zero attached hydrogens (tertiary/aromatic N) is 2. The van der Waals surface area contributed by atoms with Gasteiger partial charge in [-0.1, -0.05) is 17.3 Å². The first-order chi connectivity index (χ1) is 11.8. The highest BCUT2D eigenvalue weighted by Crippen LogP contribution is 2.33. The van der Waals surface area contributed by atoms with Crippen LogP contribution in [0, 0.1) is 6.92 Å². The van der Waals surface area contributed by atoms with Crippen LogP contribution in [0.3, 0.4) is 0 Å². The van der Waals surface area contributed by atoms with Crippen LogP contribution in [0.2, 0.25) is 0 Å². The van der Waals surface area contributed by atoms with Gasteiger partial charge in [-0.15, -0.1) is 0 Å². The fourth-order valence-corrected chi connectivity index (χ4v) is 2.34. The molecule has 0 aliphatic carbocycles. The van der Waals surface area contributed by atoms with Crippen molar-refractivity contribution in [3.63, 3.8) is 0 Å². The van der Waals surface area contributed by atoms with E-state index in [1.165, 1.54) is 12.3 Å². The molecule has 0 fully saturated rings. The summed E-state index contributed by atoms with van der Waals surface area (Å²) in [5.41, 5.74) is 7.25. The first-order valence-corrected chi connectivity index (χ1v) is 7.42. The van der Waals surface area contributed by atoms with Gasteiger partial charge in [-0.2, -0.15) is 13.2 Å². The van der Waals surface area contributed by atoms with Gasteiger partial charge in [0.25, 0.3) is 0 Å². The van der Waals surface area contributed by atoms with Gasteiger partial charge in [-0.25, -0.2) is 4.98 Å². The van der Waals surface area contributed by atoms with Crippen LogP contribution in [0.5, 0.6) is 0 Å². The molecule has 0 spiro atoms. The largest absolute Gasteiger partial charge is 0.416 e. The molecule has 2 aromatic heterocycles. The summed E-state index contributed by atoms with van der Waals surface area (Å²) in [5, 5.41) is 6.92. The molecule has 5 nitrogen and oxygen atoms in total. The molecule has 0 aliphatic heterocycles. The smallest absolute Gasteiger partial charge is 0.382 e. The predicted molar refractivity (Wildman–Crippen MR) is 87.7 cm³/mol. The zero-order chi connectivity index (χ0) is 18.0. The summed E-state index contributed by atoms with van der Waals surface area (Å²) >= 11 is 0. The third-order valence-corrected chi connectivity index (χ3v) is 3.58. The number of aromatic nitrogens is 2. The zero-order valence-electron chi connectivity index (χ0n) is 13.3. The minimum atomic E-state index is -4.40. The number of nitrogens with two attached hydrogens (primary N) is 1. The molecule has 3 N–H and O–H groups in total. The first kappa shape index (κ1) is 16.8. The van der Waals surface area contributed by atoms with Crippen LogP contribution in [0.15, 0.2) is 47.1 Å². The normalized spacial score (nSPS) is 11.5. The van der Waals surface area contributed by atoms with E-state index >= 15 is 0 Å². The fourth-order valence-electron chi connectivity index (χ4n) is 2.34. The highest BCUT2D eigenvalue weighted by molar-refractivity contribution is 5.73. The molecule has 2 heterocycles. The predicted octanol–water partition coefficient (Wildman–Crippen LogP) is 4.26. The number of anilines is 2. The molecule has 0 aliphatic rings. The van der Waals surface area contributed by atoms with Gasteiger partial charge >= 0.3 is 6.18 Å². The molecule has 8 heteroatoms. The second kappa shape index (κ2) is 6.46. The highest BCUT2D eigenvalue weighted by atomic mass is 19.4. The minimum absolute atomic E-state index is 0.246. The second-order valence-corrected chi connectivity index (χ2v) is 5.52. The van der Waals surface area contributed by atoms with Crippen molar-refractivity contribution in [2.24, 2.45) is 0 Å². The Morgan fingerprint density at radius 3 is 2.64 bits per heavy atom. The molecule has 0 saturated carbocycles. The third-order valence-electron chi connectivity index (χ3n) is 3.58. The minimum Gasteiger partial charge on any atom is -0.382 e. The van der Waals surface area contributed by atoms with Gasteiger partial charge in [0.2, 0.25) is 0 Å². The zero-order valence-corrected chi connectivity index (χ0v) is 13.3. The molecular weight excluding hydrogens is 333 g/mol. The topological polar surface area (TPSA) is 77.0 Å². The van der Waals surface area contributed by atoms with Gasteiger partial charge in [-0.05, 0) is 30.7 Å². The van der Waals surface area contributed by atoms with Crippen LogP contribution in [-0.4, -0.2) is 10.1 Å². The van der Waals surface area contributed by atoms with Crippen molar-refractivity contribution < 1.29 is 17.7 Å². The molecule has 0 saturated heterocycles. The Labute approximate surface area is 141 Å². The van der Waals surface area contributed by atoms with Gasteiger partial charge in [0, 0.05) is 17.8 Å². The molecule has 1 aromatic carbocycles. The van der Waals surface area contributed by atoms with Crippen molar-refractivity contribution in [2.75, 3.05) is 11.1 Å². The van der Waals surface area contributed by atoms with Crippen LogP contribution in [0.4, 0.5) is 24.7 Å². The Morgan fingerprint density at radius 2 is 1.96 bits per heavy atom. The summed E-state index contributed by atoms with van der Waals surface area (Å²) in [7, 11) is 0. The summed E-state index contributed by atoms with van der Waals surface area (Å²) in [4.78, 5) is 4.05. The lowest BCUT2D eigenvalue weighted by atomic mass is 10.0. The third kappa shape index (κ3) is 3.90. The van der Waals surface area contributed by atoms with E-state index in [0.717, 1.165) is 12.1 Å². The Bertz CT molecular complexity index is 890. The number of alkyl halides is 3. The molecule has 3 rings (SSSR count). The average molecular weight is 348 g/mol. The first-order valence-electron chi connectivity index (χ1n) is 7.42. The standard InChI is InChI=1S/C17H15F3N4O/c1-10-5-14(24-25-10)9-22-15-7-12(8-23-16(15)21)11-3-2-4-13(6-11)17(18,19)20/h2-8,22H,9H2,1H3,(H2,21,23). The van der Waals surface area contributed by atoms with E-state index in [-0.39, 0.29) is 5.82 Å². The molecule has 0 unspecified atom stereocenters. The number of nitrogens with one attached hydrogen (secondary N) is 1. The van der Waals surface area contributed by atoms with E-state index < -0.39 is 11.7 Å². The number of aryl methyl sites for hydroxylation is 1. The van der Waals surface area contributed by atoms with E-state index in [0.29, 0.717) is 34.8 Å². The maximum Gasteiger partial charge on any atom is 0.416 e. The van der Waals surface area contributed by atoms with Gasteiger partial charge < -0.3 is 15.6 Å². The molecular formula is C17H15F3N4O. The molecule has 3 aromatic rings. The number of nitrogen functional groups attached to an aromatic ring is 1. The van der Waals surface area contributed by atoms with E-state index in [1.54, 1.807) is 25.1 Å². The Hall–Kier alpha value is -3.03. The SMILES string of the molecule is Cc1cc(CNc2cc(-c3cccc(C(F)(F)F)c3)cnc2N)no1. The lowest BCUT2D eigenvalue weighted by Crippen LogP contribution is -2.05. The number of hydrogen-bond acceptors (Lipinski definition) is 5. The monoisotopic (exact) mass is 348 g/mol. The van der Waals surface area contributed by atoms with E-state index in [2.05, 4.69) is 15.5 Å². The van der Waals surface area contributed by atoms with Gasteiger partial charge in [0.15, 0.2) is 0 Å². The van der Waals surface area contributed by atoms with Crippen LogP contribution in [0.1, 0.15) is 17.0 Å². The maximum atomic E-state index is 12.9. The highest BCUT2D eigenvalue weighted by Gasteiger charge is 2.30. The molecule has 0 bridgehead atoms. The van der Waals surface area contributed by atoms with Crippen molar-refractivity contribution in [1.29, 1.82) is 0 Å². The number of pyridine rings is 1. The number of benzene rings is 1. The van der Waals surface area contributed by atoms with Gasteiger partial charge in [0.1, 0.15) is 17.3 Å². The molecule has 25 heavy (non-hydrogen) atoms. The van der Waals surface area contributed by atoms with Crippen LogP contribution in [-0.2, 0) is 12.7 Å². The summed E-state index contributed by atoms with van der Waals surface area (Å²) in [6, 6.07) is 8.49. The summed E-state index contributed by atoms with van der Waals surface area (Å²) in [6.45, 7) is 2.13. The molecule has 0 radical (unpaired) electrons. The van der Waals surface area contributed by atoms with Crippen molar-refractivity contribution in [1.82, 2.24) is 10.1 Å². The number of hydrogen-bond donors (Lipinski definition) is 2. The van der Waals surface area contributed by atoms with E-state index in [1.807, 2.05) is 0 Å². The van der Waals surface area contributed by atoms with Crippen LogP contribution < -0.4 is 11.1 Å². The summed E-state index contributed by atoms with van der Waals surface area (Å²) in [5.74, 6) is 0.927. The lowest BCUT2D eigenvalue weighted by molar-refractivity contribution is -0.137. The van der Waals surface area contributed by atoms with Crippen LogP contribution >= 0.6 is 0 Å². The van der Waals surface area contributed by atoms with Crippen molar-refractivity contribution in [3.05, 3.63) is 59.6 Å². The lowest BCUT2D eigenvalue weighted by Gasteiger charge is -2.11. The average Bonchev–Trinajstić information content (AvgIpc) is 2.99. The number of rotatable bonds is 4. The maximum absolute atomic E-state index is 12.9. The number of halogens is 3. The quantitative estimate of drug-likeness (QED) is 0.737. The van der Waals surface area contributed by atoms with E-state index in [9.17, 15) is 13.2 Å². The Kier molecular flexibility index (Phi) is 4.35. The molecule has 0 atom stereocenters. The Balaban J connectivity index is 1.86.